The SMILES string of the molecule is CSC1CCCCC1NCc1ccc2ccccc2n1. The maximum absolute atomic E-state index is 4.74. The molecule has 0 amide bonds. The molecule has 0 aliphatic heterocycles. The molecule has 2 nitrogen and oxygen atoms in total. The van der Waals surface area contributed by atoms with Crippen molar-refractivity contribution < 1.29 is 0 Å². The van der Waals surface area contributed by atoms with Crippen LogP contribution in [0.1, 0.15) is 31.4 Å². The molecule has 1 heterocycles. The van der Waals surface area contributed by atoms with Gasteiger partial charge < -0.3 is 5.32 Å². The van der Waals surface area contributed by atoms with Gasteiger partial charge in [-0.3, -0.25) is 4.98 Å². The van der Waals surface area contributed by atoms with E-state index in [9.17, 15) is 0 Å². The number of nitrogens with zero attached hydrogens (tertiary/aromatic N) is 1. The van der Waals surface area contributed by atoms with Crippen LogP contribution in [0.4, 0.5) is 0 Å². The van der Waals surface area contributed by atoms with Crippen molar-refractivity contribution in [3.8, 4) is 0 Å². The standard InChI is InChI=1S/C17H22N2S/c1-20-17-9-5-4-8-16(17)18-12-14-11-10-13-6-2-3-7-15(13)19-14/h2-3,6-7,10-11,16-18H,4-5,8-9,12H2,1H3. The summed E-state index contributed by atoms with van der Waals surface area (Å²) in [4.78, 5) is 4.74. The van der Waals surface area contributed by atoms with Crippen LogP contribution < -0.4 is 5.32 Å². The predicted molar refractivity (Wildman–Crippen MR) is 88.1 cm³/mol. The molecule has 0 spiro atoms. The van der Waals surface area contributed by atoms with Crippen LogP contribution in [0, 0.1) is 0 Å². The Kier molecular flexibility index (Phi) is 4.58. The zero-order valence-electron chi connectivity index (χ0n) is 12.0. The zero-order chi connectivity index (χ0) is 13.8. The van der Waals surface area contributed by atoms with Crippen LogP contribution in [0.3, 0.4) is 0 Å². The largest absolute Gasteiger partial charge is 0.307 e. The monoisotopic (exact) mass is 286 g/mol. The lowest BCUT2D eigenvalue weighted by molar-refractivity contribution is 0.382. The number of fused-ring (bicyclic) bond motifs is 1. The highest BCUT2D eigenvalue weighted by molar-refractivity contribution is 7.99. The number of aromatic nitrogens is 1. The average Bonchev–Trinajstić information content (AvgIpc) is 2.53. The Hall–Kier alpha value is -1.06. The van der Waals surface area contributed by atoms with E-state index in [2.05, 4.69) is 48.0 Å². The van der Waals surface area contributed by atoms with Gasteiger partial charge in [0.1, 0.15) is 0 Å². The molecule has 3 heteroatoms. The minimum atomic E-state index is 0.645. The molecule has 2 unspecified atom stereocenters. The van der Waals surface area contributed by atoms with E-state index in [1.165, 1.54) is 31.1 Å². The van der Waals surface area contributed by atoms with E-state index in [0.717, 1.165) is 23.0 Å². The van der Waals surface area contributed by atoms with Gasteiger partial charge >= 0.3 is 0 Å². The number of para-hydroxylation sites is 1. The number of benzene rings is 1. The highest BCUT2D eigenvalue weighted by Gasteiger charge is 2.23. The van der Waals surface area contributed by atoms with Crippen LogP contribution in [-0.2, 0) is 6.54 Å². The van der Waals surface area contributed by atoms with E-state index in [0.29, 0.717) is 6.04 Å². The molecule has 1 fully saturated rings. The van der Waals surface area contributed by atoms with Gasteiger partial charge in [-0.1, -0.05) is 37.1 Å². The molecule has 0 radical (unpaired) electrons. The predicted octanol–water partition coefficient (Wildman–Crippen LogP) is 4.00. The second-order valence-corrected chi connectivity index (χ2v) is 6.62. The number of thioether (sulfide) groups is 1. The normalized spacial score (nSPS) is 23.1. The third-order valence-corrected chi connectivity index (χ3v) is 5.38. The smallest absolute Gasteiger partial charge is 0.0705 e. The van der Waals surface area contributed by atoms with Crippen molar-refractivity contribution in [2.45, 2.75) is 43.5 Å². The van der Waals surface area contributed by atoms with Crippen LogP contribution in [-0.4, -0.2) is 22.5 Å². The summed E-state index contributed by atoms with van der Waals surface area (Å²) in [5, 5.41) is 5.71. The average molecular weight is 286 g/mol. The first-order chi connectivity index (χ1) is 9.86. The van der Waals surface area contributed by atoms with Crippen molar-refractivity contribution in [1.29, 1.82) is 0 Å². The lowest BCUT2D eigenvalue weighted by Crippen LogP contribution is -2.40. The van der Waals surface area contributed by atoms with Crippen molar-refractivity contribution in [1.82, 2.24) is 10.3 Å². The first kappa shape index (κ1) is 13.9. The summed E-state index contributed by atoms with van der Waals surface area (Å²) < 4.78 is 0. The van der Waals surface area contributed by atoms with Gasteiger partial charge in [0.25, 0.3) is 0 Å². The van der Waals surface area contributed by atoms with Crippen molar-refractivity contribution in [3.05, 3.63) is 42.1 Å². The Morgan fingerprint density at radius 1 is 1.15 bits per heavy atom. The Labute approximate surface area is 125 Å². The van der Waals surface area contributed by atoms with E-state index in [1.807, 2.05) is 11.8 Å². The molecule has 20 heavy (non-hydrogen) atoms. The van der Waals surface area contributed by atoms with Crippen LogP contribution >= 0.6 is 11.8 Å². The second kappa shape index (κ2) is 6.59. The molecule has 2 aromatic rings. The third kappa shape index (κ3) is 3.15. The van der Waals surface area contributed by atoms with Gasteiger partial charge in [0.15, 0.2) is 0 Å². The van der Waals surface area contributed by atoms with Crippen LogP contribution in [0.15, 0.2) is 36.4 Å². The van der Waals surface area contributed by atoms with Gasteiger partial charge in [0, 0.05) is 23.2 Å². The van der Waals surface area contributed by atoms with Gasteiger partial charge in [-0.05, 0) is 31.2 Å². The first-order valence-electron chi connectivity index (χ1n) is 7.47. The number of pyridine rings is 1. The van der Waals surface area contributed by atoms with Crippen molar-refractivity contribution >= 4 is 22.7 Å². The summed E-state index contributed by atoms with van der Waals surface area (Å²) in [5.74, 6) is 0. The minimum absolute atomic E-state index is 0.645. The molecule has 0 bridgehead atoms. The van der Waals surface area contributed by atoms with Crippen LogP contribution in [0.2, 0.25) is 0 Å². The quantitative estimate of drug-likeness (QED) is 0.919. The first-order valence-corrected chi connectivity index (χ1v) is 8.76. The third-order valence-electron chi connectivity index (χ3n) is 4.21. The Morgan fingerprint density at radius 3 is 2.90 bits per heavy atom. The van der Waals surface area contributed by atoms with Gasteiger partial charge in [-0.2, -0.15) is 11.8 Å². The highest BCUT2D eigenvalue weighted by Crippen LogP contribution is 2.27. The van der Waals surface area contributed by atoms with E-state index in [1.54, 1.807) is 0 Å². The van der Waals surface area contributed by atoms with Gasteiger partial charge in [0.05, 0.1) is 11.2 Å². The Bertz CT molecular complexity index is 570. The van der Waals surface area contributed by atoms with Crippen molar-refractivity contribution in [2.24, 2.45) is 0 Å². The molecule has 1 aliphatic rings. The van der Waals surface area contributed by atoms with Gasteiger partial charge in [0.2, 0.25) is 0 Å². The lowest BCUT2D eigenvalue weighted by Gasteiger charge is -2.31. The molecular formula is C17H22N2S. The summed E-state index contributed by atoms with van der Waals surface area (Å²) >= 11 is 2.01. The Morgan fingerprint density at radius 2 is 2.00 bits per heavy atom. The van der Waals surface area contributed by atoms with Crippen molar-refractivity contribution in [3.63, 3.8) is 0 Å². The number of hydrogen-bond donors (Lipinski definition) is 1. The fourth-order valence-electron chi connectivity index (χ4n) is 3.05. The zero-order valence-corrected chi connectivity index (χ0v) is 12.8. The molecule has 1 N–H and O–H groups in total. The van der Waals surface area contributed by atoms with E-state index in [-0.39, 0.29) is 0 Å². The molecule has 3 rings (SSSR count). The topological polar surface area (TPSA) is 24.9 Å². The maximum Gasteiger partial charge on any atom is 0.0705 e. The fraction of sp³-hybridized carbons (Fsp3) is 0.471. The van der Waals surface area contributed by atoms with Gasteiger partial charge in [-0.15, -0.1) is 0 Å². The molecule has 1 saturated carbocycles. The van der Waals surface area contributed by atoms with E-state index in [4.69, 9.17) is 4.98 Å². The maximum atomic E-state index is 4.74. The molecule has 1 aliphatic carbocycles. The Balaban J connectivity index is 1.67. The molecule has 0 saturated heterocycles. The summed E-state index contributed by atoms with van der Waals surface area (Å²) in [6.45, 7) is 0.882. The fourth-order valence-corrected chi connectivity index (χ4v) is 4.02. The summed E-state index contributed by atoms with van der Waals surface area (Å²) in [7, 11) is 0. The summed E-state index contributed by atoms with van der Waals surface area (Å²) in [6.07, 6.45) is 7.64. The number of rotatable bonds is 4. The number of hydrogen-bond acceptors (Lipinski definition) is 3. The second-order valence-electron chi connectivity index (χ2n) is 5.54. The van der Waals surface area contributed by atoms with Crippen LogP contribution in [0.5, 0.6) is 0 Å². The highest BCUT2D eigenvalue weighted by atomic mass is 32.2. The van der Waals surface area contributed by atoms with E-state index < -0.39 is 0 Å². The van der Waals surface area contributed by atoms with E-state index >= 15 is 0 Å². The molecule has 106 valence electrons. The summed E-state index contributed by atoms with van der Waals surface area (Å²) in [5.41, 5.74) is 2.24. The van der Waals surface area contributed by atoms with Crippen LogP contribution in [0.25, 0.3) is 10.9 Å². The lowest BCUT2D eigenvalue weighted by atomic mass is 9.95. The summed E-state index contributed by atoms with van der Waals surface area (Å²) in [6, 6.07) is 13.3. The molecule has 2 atom stereocenters. The van der Waals surface area contributed by atoms with Gasteiger partial charge in [-0.25, -0.2) is 0 Å². The minimum Gasteiger partial charge on any atom is -0.307 e. The number of nitrogens with one attached hydrogen (secondary N) is 1. The molecule has 1 aromatic carbocycles. The van der Waals surface area contributed by atoms with Crippen molar-refractivity contribution in [2.75, 3.05) is 6.26 Å². The molecule has 1 aromatic heterocycles. The molecular weight excluding hydrogens is 264 g/mol.